The van der Waals surface area contributed by atoms with E-state index in [9.17, 15) is 4.79 Å². The first-order valence-electron chi connectivity index (χ1n) is 8.62. The molecule has 0 aromatic heterocycles. The zero-order valence-corrected chi connectivity index (χ0v) is 15.6. The van der Waals surface area contributed by atoms with Gasteiger partial charge in [0.05, 0.1) is 6.61 Å². The standard InChI is InChI=1S/C19H28ClNO3/c1-19(2,3)16-11-15(20)6-7-17(16)24-13-14-8-10-21(12-14)9-4-5-18(22)23/h6-7,11,14H,4-5,8-10,12-13H2,1-3H3,(H,22,23). The first-order valence-corrected chi connectivity index (χ1v) is 9.00. The summed E-state index contributed by atoms with van der Waals surface area (Å²) in [5, 5.41) is 9.45. The fourth-order valence-electron chi connectivity index (χ4n) is 3.13. The summed E-state index contributed by atoms with van der Waals surface area (Å²) in [5.41, 5.74) is 1.12. The van der Waals surface area contributed by atoms with Gasteiger partial charge in [-0.15, -0.1) is 0 Å². The number of aliphatic carboxylic acids is 1. The molecule has 1 aliphatic rings. The molecule has 1 aliphatic heterocycles. The van der Waals surface area contributed by atoms with Gasteiger partial charge >= 0.3 is 5.97 Å². The molecule has 0 amide bonds. The van der Waals surface area contributed by atoms with Crippen molar-refractivity contribution in [3.05, 3.63) is 28.8 Å². The van der Waals surface area contributed by atoms with Crippen LogP contribution >= 0.6 is 11.6 Å². The van der Waals surface area contributed by atoms with E-state index in [0.717, 1.165) is 42.4 Å². The largest absolute Gasteiger partial charge is 0.493 e. The van der Waals surface area contributed by atoms with Gasteiger partial charge < -0.3 is 14.7 Å². The predicted molar refractivity (Wildman–Crippen MR) is 97.1 cm³/mol. The first-order chi connectivity index (χ1) is 11.3. The second-order valence-electron chi connectivity index (χ2n) is 7.65. The SMILES string of the molecule is CC(C)(C)c1cc(Cl)ccc1OCC1CCN(CCCC(=O)O)C1. The summed E-state index contributed by atoms with van der Waals surface area (Å²) >= 11 is 6.14. The second kappa shape index (κ2) is 8.21. The lowest BCUT2D eigenvalue weighted by Crippen LogP contribution is -2.24. The molecule has 1 N–H and O–H groups in total. The summed E-state index contributed by atoms with van der Waals surface area (Å²) in [6.07, 6.45) is 2.07. The third kappa shape index (κ3) is 5.67. The van der Waals surface area contributed by atoms with Gasteiger partial charge in [-0.05, 0) is 49.5 Å². The molecular weight excluding hydrogens is 326 g/mol. The van der Waals surface area contributed by atoms with Crippen LogP contribution in [0.3, 0.4) is 0 Å². The highest BCUT2D eigenvalue weighted by molar-refractivity contribution is 6.30. The van der Waals surface area contributed by atoms with E-state index in [1.54, 1.807) is 0 Å². The molecule has 1 unspecified atom stereocenters. The topological polar surface area (TPSA) is 49.8 Å². The minimum absolute atomic E-state index is 0.0151. The normalized spacial score (nSPS) is 18.8. The van der Waals surface area contributed by atoms with Crippen LogP contribution in [-0.4, -0.2) is 42.2 Å². The number of ether oxygens (including phenoxy) is 1. The van der Waals surface area contributed by atoms with E-state index in [0.29, 0.717) is 18.9 Å². The van der Waals surface area contributed by atoms with Crippen LogP contribution in [0.5, 0.6) is 5.75 Å². The number of halogens is 1. The Bertz CT molecular complexity index is 568. The Morgan fingerprint density at radius 1 is 1.42 bits per heavy atom. The van der Waals surface area contributed by atoms with Gasteiger partial charge in [0.2, 0.25) is 0 Å². The van der Waals surface area contributed by atoms with Crippen molar-refractivity contribution in [1.29, 1.82) is 0 Å². The Hall–Kier alpha value is -1.26. The van der Waals surface area contributed by atoms with E-state index in [-0.39, 0.29) is 11.8 Å². The lowest BCUT2D eigenvalue weighted by molar-refractivity contribution is -0.137. The van der Waals surface area contributed by atoms with Crippen LogP contribution in [0.15, 0.2) is 18.2 Å². The number of carbonyl (C=O) groups is 1. The monoisotopic (exact) mass is 353 g/mol. The van der Waals surface area contributed by atoms with Crippen LogP contribution in [-0.2, 0) is 10.2 Å². The molecule has 0 bridgehead atoms. The summed E-state index contributed by atoms with van der Waals surface area (Å²) in [6.45, 7) is 10.0. The Kier molecular flexibility index (Phi) is 6.53. The number of hydrogen-bond donors (Lipinski definition) is 1. The van der Waals surface area contributed by atoms with Crippen molar-refractivity contribution in [3.8, 4) is 5.75 Å². The zero-order chi connectivity index (χ0) is 17.7. The highest BCUT2D eigenvalue weighted by Gasteiger charge is 2.24. The molecule has 0 saturated carbocycles. The van der Waals surface area contributed by atoms with E-state index in [1.807, 2.05) is 18.2 Å². The summed E-state index contributed by atoms with van der Waals surface area (Å²) < 4.78 is 6.11. The fourth-order valence-corrected chi connectivity index (χ4v) is 3.30. The van der Waals surface area contributed by atoms with Crippen LogP contribution in [0.25, 0.3) is 0 Å². The number of likely N-dealkylation sites (tertiary alicyclic amines) is 1. The minimum atomic E-state index is -0.716. The van der Waals surface area contributed by atoms with Crippen molar-refractivity contribution >= 4 is 17.6 Å². The van der Waals surface area contributed by atoms with Gasteiger partial charge in [0, 0.05) is 29.5 Å². The third-order valence-corrected chi connectivity index (χ3v) is 4.69. The maximum absolute atomic E-state index is 10.6. The number of rotatable bonds is 7. The summed E-state index contributed by atoms with van der Waals surface area (Å²) in [6, 6.07) is 5.82. The van der Waals surface area contributed by atoms with Gasteiger partial charge in [-0.1, -0.05) is 32.4 Å². The molecule has 1 heterocycles. The first kappa shape index (κ1) is 19.1. The van der Waals surface area contributed by atoms with Gasteiger partial charge in [0.1, 0.15) is 5.75 Å². The molecule has 1 aromatic rings. The molecule has 0 aliphatic carbocycles. The molecule has 1 saturated heterocycles. The second-order valence-corrected chi connectivity index (χ2v) is 8.09. The number of hydrogen-bond acceptors (Lipinski definition) is 3. The maximum atomic E-state index is 10.6. The molecular formula is C19H28ClNO3. The van der Waals surface area contributed by atoms with E-state index in [2.05, 4.69) is 25.7 Å². The summed E-state index contributed by atoms with van der Waals surface area (Å²) in [4.78, 5) is 12.9. The molecule has 134 valence electrons. The number of benzene rings is 1. The van der Waals surface area contributed by atoms with Crippen LogP contribution in [0.1, 0.15) is 45.6 Å². The Labute approximate surface area is 149 Å². The van der Waals surface area contributed by atoms with Gasteiger partial charge in [0.15, 0.2) is 0 Å². The van der Waals surface area contributed by atoms with Crippen molar-refractivity contribution in [2.45, 2.75) is 45.4 Å². The van der Waals surface area contributed by atoms with Gasteiger partial charge in [-0.3, -0.25) is 4.79 Å². The average molecular weight is 354 g/mol. The van der Waals surface area contributed by atoms with E-state index < -0.39 is 5.97 Å². The van der Waals surface area contributed by atoms with Gasteiger partial charge in [-0.25, -0.2) is 0 Å². The molecule has 24 heavy (non-hydrogen) atoms. The van der Waals surface area contributed by atoms with Crippen molar-refractivity contribution in [1.82, 2.24) is 4.90 Å². The molecule has 1 aromatic carbocycles. The zero-order valence-electron chi connectivity index (χ0n) is 14.8. The Balaban J connectivity index is 1.85. The number of carboxylic acids is 1. The lowest BCUT2D eigenvalue weighted by atomic mass is 9.86. The van der Waals surface area contributed by atoms with Gasteiger partial charge in [0.25, 0.3) is 0 Å². The summed E-state index contributed by atoms with van der Waals surface area (Å²) in [7, 11) is 0. The molecule has 2 rings (SSSR count). The minimum Gasteiger partial charge on any atom is -0.493 e. The smallest absolute Gasteiger partial charge is 0.303 e. The maximum Gasteiger partial charge on any atom is 0.303 e. The molecule has 0 radical (unpaired) electrons. The summed E-state index contributed by atoms with van der Waals surface area (Å²) in [5.74, 6) is 0.695. The predicted octanol–water partition coefficient (Wildman–Crippen LogP) is 4.20. The van der Waals surface area contributed by atoms with Crippen LogP contribution in [0, 0.1) is 5.92 Å². The highest BCUT2D eigenvalue weighted by atomic mass is 35.5. The fraction of sp³-hybridized carbons (Fsp3) is 0.632. The van der Waals surface area contributed by atoms with E-state index >= 15 is 0 Å². The van der Waals surface area contributed by atoms with Crippen molar-refractivity contribution in [2.24, 2.45) is 5.92 Å². The van der Waals surface area contributed by atoms with Crippen molar-refractivity contribution in [3.63, 3.8) is 0 Å². The van der Waals surface area contributed by atoms with Crippen molar-refractivity contribution < 1.29 is 14.6 Å². The Morgan fingerprint density at radius 2 is 2.17 bits per heavy atom. The number of nitrogens with zero attached hydrogens (tertiary/aromatic N) is 1. The van der Waals surface area contributed by atoms with Gasteiger partial charge in [-0.2, -0.15) is 0 Å². The quantitative estimate of drug-likeness (QED) is 0.798. The molecule has 4 nitrogen and oxygen atoms in total. The van der Waals surface area contributed by atoms with E-state index in [1.165, 1.54) is 0 Å². The van der Waals surface area contributed by atoms with Crippen molar-refractivity contribution in [2.75, 3.05) is 26.2 Å². The van der Waals surface area contributed by atoms with E-state index in [4.69, 9.17) is 21.4 Å². The highest BCUT2D eigenvalue weighted by Crippen LogP contribution is 2.34. The van der Waals surface area contributed by atoms with Crippen LogP contribution in [0.2, 0.25) is 5.02 Å². The molecule has 5 heteroatoms. The Morgan fingerprint density at radius 3 is 2.83 bits per heavy atom. The van der Waals surface area contributed by atoms with Crippen LogP contribution in [0.4, 0.5) is 0 Å². The number of carboxylic acid groups (broad SMARTS) is 1. The molecule has 1 atom stereocenters. The average Bonchev–Trinajstić information content (AvgIpc) is 2.92. The molecule has 0 spiro atoms. The third-order valence-electron chi connectivity index (χ3n) is 4.46. The lowest BCUT2D eigenvalue weighted by Gasteiger charge is -2.24. The molecule has 1 fully saturated rings. The van der Waals surface area contributed by atoms with Crippen LogP contribution < -0.4 is 4.74 Å².